The summed E-state index contributed by atoms with van der Waals surface area (Å²) in [5.41, 5.74) is 6.64. The Morgan fingerprint density at radius 3 is 3.00 bits per heavy atom. The number of nitrogens with one attached hydrogen (secondary N) is 2. The number of benzene rings is 1. The molecule has 0 bridgehead atoms. The van der Waals surface area contributed by atoms with E-state index in [1.807, 2.05) is 6.92 Å². The summed E-state index contributed by atoms with van der Waals surface area (Å²) in [4.78, 5) is 0. The minimum atomic E-state index is 0.586. The van der Waals surface area contributed by atoms with Crippen LogP contribution in [0.3, 0.4) is 0 Å². The minimum absolute atomic E-state index is 0.586. The summed E-state index contributed by atoms with van der Waals surface area (Å²) in [5.74, 6) is 0. The molecular formula is C13H17N3S. The van der Waals surface area contributed by atoms with Gasteiger partial charge in [0, 0.05) is 12.1 Å². The highest BCUT2D eigenvalue weighted by molar-refractivity contribution is 7.80. The van der Waals surface area contributed by atoms with Crippen LogP contribution in [-0.2, 0) is 6.42 Å². The lowest BCUT2D eigenvalue weighted by atomic mass is 9.90. The maximum atomic E-state index is 5.09. The number of nitrogens with zero attached hydrogens (tertiary/aromatic N) is 1. The first-order chi connectivity index (χ1) is 8.31. The molecule has 4 heteroatoms. The van der Waals surface area contributed by atoms with Gasteiger partial charge in [-0.05, 0) is 44.0 Å². The van der Waals surface area contributed by atoms with Gasteiger partial charge in [0.15, 0.2) is 5.11 Å². The summed E-state index contributed by atoms with van der Waals surface area (Å²) >= 11 is 5.09. The average molecular weight is 247 g/mol. The number of fused-ring (bicyclic) bond motifs is 1. The Hall–Kier alpha value is -1.42. The molecule has 0 unspecified atom stereocenters. The molecule has 0 saturated heterocycles. The summed E-state index contributed by atoms with van der Waals surface area (Å²) in [5, 5.41) is 8.01. The van der Waals surface area contributed by atoms with Gasteiger partial charge in [-0.15, -0.1) is 0 Å². The third-order valence-corrected chi connectivity index (χ3v) is 3.05. The van der Waals surface area contributed by atoms with Gasteiger partial charge >= 0.3 is 0 Å². The molecule has 0 amide bonds. The van der Waals surface area contributed by atoms with E-state index in [1.165, 1.54) is 11.1 Å². The van der Waals surface area contributed by atoms with Crippen molar-refractivity contribution >= 4 is 23.0 Å². The second-order valence-electron chi connectivity index (χ2n) is 4.04. The van der Waals surface area contributed by atoms with Crippen molar-refractivity contribution in [1.82, 2.24) is 10.7 Å². The lowest BCUT2D eigenvalue weighted by Gasteiger charge is -2.17. The van der Waals surface area contributed by atoms with Crippen molar-refractivity contribution < 1.29 is 0 Å². The Kier molecular flexibility index (Phi) is 4.09. The average Bonchev–Trinajstić information content (AvgIpc) is 2.36. The van der Waals surface area contributed by atoms with Gasteiger partial charge < -0.3 is 5.32 Å². The maximum absolute atomic E-state index is 5.09. The van der Waals surface area contributed by atoms with Crippen LogP contribution in [0.1, 0.15) is 30.9 Å². The van der Waals surface area contributed by atoms with Crippen molar-refractivity contribution in [2.24, 2.45) is 5.10 Å². The second kappa shape index (κ2) is 5.77. The van der Waals surface area contributed by atoms with E-state index >= 15 is 0 Å². The normalized spacial score (nSPS) is 16.4. The minimum Gasteiger partial charge on any atom is -0.362 e. The molecule has 1 aromatic rings. The molecule has 3 nitrogen and oxygen atoms in total. The van der Waals surface area contributed by atoms with E-state index in [1.54, 1.807) is 0 Å². The molecule has 0 aliphatic heterocycles. The van der Waals surface area contributed by atoms with Gasteiger partial charge in [0.2, 0.25) is 0 Å². The summed E-state index contributed by atoms with van der Waals surface area (Å²) < 4.78 is 0. The summed E-state index contributed by atoms with van der Waals surface area (Å²) in [6, 6.07) is 8.44. The third kappa shape index (κ3) is 3.03. The first kappa shape index (κ1) is 12.0. The van der Waals surface area contributed by atoms with Crippen LogP contribution in [0.2, 0.25) is 0 Å². The van der Waals surface area contributed by atoms with Crippen molar-refractivity contribution in [2.45, 2.75) is 26.2 Å². The molecule has 0 heterocycles. The molecule has 90 valence electrons. The summed E-state index contributed by atoms with van der Waals surface area (Å²) in [6.07, 6.45) is 3.32. The van der Waals surface area contributed by atoms with Gasteiger partial charge in [-0.1, -0.05) is 24.3 Å². The third-order valence-electron chi connectivity index (χ3n) is 2.82. The van der Waals surface area contributed by atoms with Crippen LogP contribution in [0, 0.1) is 0 Å². The monoisotopic (exact) mass is 247 g/mol. The molecule has 0 saturated carbocycles. The fraction of sp³-hybridized carbons (Fsp3) is 0.385. The van der Waals surface area contributed by atoms with Crippen LogP contribution in [0.25, 0.3) is 0 Å². The predicted octanol–water partition coefficient (Wildman–Crippen LogP) is 2.21. The van der Waals surface area contributed by atoms with Crippen molar-refractivity contribution in [1.29, 1.82) is 0 Å². The van der Waals surface area contributed by atoms with E-state index in [4.69, 9.17) is 12.2 Å². The number of hydrogen-bond acceptors (Lipinski definition) is 2. The van der Waals surface area contributed by atoms with Gasteiger partial charge in [-0.3, -0.25) is 5.43 Å². The first-order valence-corrected chi connectivity index (χ1v) is 6.40. The van der Waals surface area contributed by atoms with Gasteiger partial charge in [-0.2, -0.15) is 5.10 Å². The Balaban J connectivity index is 2.12. The zero-order valence-corrected chi connectivity index (χ0v) is 10.8. The molecule has 2 rings (SSSR count). The topological polar surface area (TPSA) is 36.4 Å². The van der Waals surface area contributed by atoms with Crippen LogP contribution in [0.4, 0.5) is 0 Å². The van der Waals surface area contributed by atoms with E-state index in [2.05, 4.69) is 40.1 Å². The van der Waals surface area contributed by atoms with E-state index in [0.29, 0.717) is 5.11 Å². The summed E-state index contributed by atoms with van der Waals surface area (Å²) in [7, 11) is 0. The number of thiocarbonyl (C=S) groups is 1. The zero-order chi connectivity index (χ0) is 12.1. The van der Waals surface area contributed by atoms with Crippen molar-refractivity contribution in [3.63, 3.8) is 0 Å². The van der Waals surface area contributed by atoms with E-state index in [-0.39, 0.29) is 0 Å². The Labute approximate surface area is 107 Å². The van der Waals surface area contributed by atoms with Gasteiger partial charge in [0.05, 0.1) is 5.71 Å². The highest BCUT2D eigenvalue weighted by Crippen LogP contribution is 2.20. The van der Waals surface area contributed by atoms with Crippen LogP contribution in [0.5, 0.6) is 0 Å². The molecule has 2 N–H and O–H groups in total. The van der Waals surface area contributed by atoms with Gasteiger partial charge in [0.25, 0.3) is 0 Å². The summed E-state index contributed by atoms with van der Waals surface area (Å²) in [6.45, 7) is 2.82. The highest BCUT2D eigenvalue weighted by Gasteiger charge is 2.14. The van der Waals surface area contributed by atoms with E-state index in [9.17, 15) is 0 Å². The SMILES string of the molecule is CCNC(=S)N/N=C1/CCCc2ccccc21. The first-order valence-electron chi connectivity index (χ1n) is 6.00. The Morgan fingerprint density at radius 2 is 2.18 bits per heavy atom. The van der Waals surface area contributed by atoms with Crippen LogP contribution >= 0.6 is 12.2 Å². The van der Waals surface area contributed by atoms with Crippen LogP contribution in [-0.4, -0.2) is 17.4 Å². The second-order valence-corrected chi connectivity index (χ2v) is 4.45. The lowest BCUT2D eigenvalue weighted by molar-refractivity contribution is 0.822. The van der Waals surface area contributed by atoms with E-state index in [0.717, 1.165) is 31.5 Å². The van der Waals surface area contributed by atoms with Crippen molar-refractivity contribution in [3.8, 4) is 0 Å². The van der Waals surface area contributed by atoms with Crippen LogP contribution in [0.15, 0.2) is 29.4 Å². The lowest BCUT2D eigenvalue weighted by Crippen LogP contribution is -2.32. The molecule has 1 aromatic carbocycles. The fourth-order valence-corrected chi connectivity index (χ4v) is 2.23. The molecular weight excluding hydrogens is 230 g/mol. The molecule has 0 radical (unpaired) electrons. The Morgan fingerprint density at radius 1 is 1.35 bits per heavy atom. The van der Waals surface area contributed by atoms with Crippen molar-refractivity contribution in [2.75, 3.05) is 6.54 Å². The Bertz CT molecular complexity index is 440. The largest absolute Gasteiger partial charge is 0.362 e. The number of aryl methyl sites for hydroxylation is 1. The molecule has 17 heavy (non-hydrogen) atoms. The number of hydrogen-bond donors (Lipinski definition) is 2. The molecule has 0 fully saturated rings. The standard InChI is InChI=1S/C13H17N3S/c1-2-14-13(17)16-15-12-9-5-7-10-6-3-4-8-11(10)12/h3-4,6,8H,2,5,7,9H2,1H3,(H2,14,16,17)/b15-12-. The maximum Gasteiger partial charge on any atom is 0.186 e. The predicted molar refractivity (Wildman–Crippen MR) is 75.3 cm³/mol. The number of hydrazone groups is 1. The molecule has 1 aliphatic carbocycles. The van der Waals surface area contributed by atoms with E-state index < -0.39 is 0 Å². The van der Waals surface area contributed by atoms with Crippen LogP contribution < -0.4 is 10.7 Å². The van der Waals surface area contributed by atoms with Gasteiger partial charge in [0.1, 0.15) is 0 Å². The molecule has 0 atom stereocenters. The molecule has 0 aromatic heterocycles. The fourth-order valence-electron chi connectivity index (χ4n) is 2.04. The molecule has 0 spiro atoms. The number of rotatable bonds is 2. The highest BCUT2D eigenvalue weighted by atomic mass is 32.1. The zero-order valence-electron chi connectivity index (χ0n) is 9.99. The van der Waals surface area contributed by atoms with Gasteiger partial charge in [-0.25, -0.2) is 0 Å². The smallest absolute Gasteiger partial charge is 0.186 e. The van der Waals surface area contributed by atoms with Crippen molar-refractivity contribution in [3.05, 3.63) is 35.4 Å². The quantitative estimate of drug-likeness (QED) is 0.621. The molecule has 1 aliphatic rings.